The van der Waals surface area contributed by atoms with Crippen LogP contribution in [0.15, 0.2) is 30.5 Å². The Morgan fingerprint density at radius 3 is 2.47 bits per heavy atom. The average molecular weight is 462 g/mol. The van der Waals surface area contributed by atoms with E-state index in [2.05, 4.69) is 49.7 Å². The molecule has 4 aliphatic rings. The highest BCUT2D eigenvalue weighted by Gasteiger charge is 2.60. The predicted molar refractivity (Wildman–Crippen MR) is 130 cm³/mol. The van der Waals surface area contributed by atoms with Crippen molar-refractivity contribution in [1.82, 2.24) is 20.2 Å². The quantitative estimate of drug-likeness (QED) is 0.669. The Labute approximate surface area is 199 Å². The van der Waals surface area contributed by atoms with Gasteiger partial charge in [-0.3, -0.25) is 14.5 Å². The van der Waals surface area contributed by atoms with Crippen LogP contribution in [0.2, 0.25) is 0 Å². The molecule has 34 heavy (non-hydrogen) atoms. The van der Waals surface area contributed by atoms with Gasteiger partial charge in [0.1, 0.15) is 11.4 Å². The van der Waals surface area contributed by atoms with Crippen LogP contribution in [-0.2, 0) is 16.0 Å². The van der Waals surface area contributed by atoms with E-state index < -0.39 is 5.54 Å². The molecule has 0 bridgehead atoms. The van der Waals surface area contributed by atoms with Crippen LogP contribution < -0.4 is 20.4 Å². The minimum Gasteiger partial charge on any atom is -0.369 e. The molecule has 1 aromatic heterocycles. The summed E-state index contributed by atoms with van der Waals surface area (Å²) in [5.41, 5.74) is 2.24. The molecular formula is C25H31N7O2. The molecule has 1 unspecified atom stereocenters. The number of hydrogen-bond donors (Lipinski definition) is 2. The lowest BCUT2D eigenvalue weighted by Crippen LogP contribution is -2.56. The van der Waals surface area contributed by atoms with Crippen LogP contribution in [0.1, 0.15) is 37.7 Å². The summed E-state index contributed by atoms with van der Waals surface area (Å²) < 4.78 is 0. The number of benzene rings is 1. The second-order valence-corrected chi connectivity index (χ2v) is 9.90. The number of nitrogens with one attached hydrogen (secondary N) is 2. The zero-order chi connectivity index (χ0) is 23.3. The molecule has 1 atom stereocenters. The highest BCUT2D eigenvalue weighted by Crippen LogP contribution is 2.47. The molecule has 9 heteroatoms. The molecule has 2 aromatic rings. The highest BCUT2D eigenvalue weighted by atomic mass is 16.2. The number of likely N-dealkylation sites (tertiary alicyclic amines) is 1. The van der Waals surface area contributed by atoms with Gasteiger partial charge < -0.3 is 20.4 Å². The van der Waals surface area contributed by atoms with Crippen molar-refractivity contribution in [3.63, 3.8) is 0 Å². The van der Waals surface area contributed by atoms with Crippen LogP contribution in [0.5, 0.6) is 0 Å². The maximum absolute atomic E-state index is 13.3. The summed E-state index contributed by atoms with van der Waals surface area (Å²) in [4.78, 5) is 41.1. The van der Waals surface area contributed by atoms with E-state index in [9.17, 15) is 9.59 Å². The van der Waals surface area contributed by atoms with E-state index in [1.165, 1.54) is 10.6 Å². The lowest BCUT2D eigenvalue weighted by atomic mass is 9.91. The van der Waals surface area contributed by atoms with Gasteiger partial charge in [-0.15, -0.1) is 0 Å². The van der Waals surface area contributed by atoms with Gasteiger partial charge in [0.2, 0.25) is 11.9 Å². The molecule has 3 fully saturated rings. The van der Waals surface area contributed by atoms with Crippen LogP contribution in [0.3, 0.4) is 0 Å². The fourth-order valence-electron chi connectivity index (χ4n) is 6.08. The molecule has 4 heterocycles. The minimum atomic E-state index is -0.846. The number of amides is 2. The number of rotatable bonds is 4. The van der Waals surface area contributed by atoms with Crippen LogP contribution in [0.25, 0.3) is 0 Å². The number of carbonyl (C=O) groups is 2. The van der Waals surface area contributed by atoms with Gasteiger partial charge >= 0.3 is 0 Å². The smallest absolute Gasteiger partial charge is 0.255 e. The Kier molecular flexibility index (Phi) is 5.17. The van der Waals surface area contributed by atoms with E-state index in [1.54, 1.807) is 7.05 Å². The summed E-state index contributed by atoms with van der Waals surface area (Å²) in [5.74, 6) is 1.09. The van der Waals surface area contributed by atoms with Crippen LogP contribution in [0, 0.1) is 0 Å². The number of imide groups is 1. The Balaban J connectivity index is 1.28. The largest absolute Gasteiger partial charge is 0.369 e. The van der Waals surface area contributed by atoms with E-state index in [1.807, 2.05) is 6.20 Å². The number of fused-ring (bicyclic) bond motifs is 1. The van der Waals surface area contributed by atoms with Crippen LogP contribution in [0.4, 0.5) is 23.1 Å². The summed E-state index contributed by atoms with van der Waals surface area (Å²) in [7, 11) is 1.60. The van der Waals surface area contributed by atoms with E-state index >= 15 is 0 Å². The standard InChI is InChI=1S/C25H31N7O2/c1-30-21(33)15-25(23(30)34)14-17-16-27-24(29-22(17)32(25)20-4-2-3-5-20)28-18-6-8-19(9-7-18)31-12-10-26-11-13-31/h6-9,16,20,26H,2-5,10-15H2,1H3,(H,27,28,29). The van der Waals surface area contributed by atoms with Crippen LogP contribution in [-0.4, -0.2) is 71.5 Å². The molecule has 2 N–H and O–H groups in total. The molecule has 178 valence electrons. The molecule has 6 rings (SSSR count). The summed E-state index contributed by atoms with van der Waals surface area (Å²) in [6.45, 7) is 4.03. The van der Waals surface area contributed by atoms with Crippen molar-refractivity contribution in [2.75, 3.05) is 48.3 Å². The monoisotopic (exact) mass is 461 g/mol. The van der Waals surface area contributed by atoms with Gasteiger partial charge in [0.05, 0.1) is 6.42 Å². The van der Waals surface area contributed by atoms with Gasteiger partial charge in [0, 0.05) is 68.8 Å². The number of carbonyl (C=O) groups excluding carboxylic acids is 2. The third kappa shape index (κ3) is 3.41. The van der Waals surface area contributed by atoms with Crippen molar-refractivity contribution >= 4 is 35.0 Å². The zero-order valence-corrected chi connectivity index (χ0v) is 19.6. The van der Waals surface area contributed by atoms with Crippen molar-refractivity contribution in [1.29, 1.82) is 0 Å². The first kappa shape index (κ1) is 21.3. The van der Waals surface area contributed by atoms with Gasteiger partial charge in [-0.25, -0.2) is 4.98 Å². The second kappa shape index (κ2) is 8.23. The van der Waals surface area contributed by atoms with E-state index in [0.29, 0.717) is 12.4 Å². The third-order valence-corrected chi connectivity index (χ3v) is 7.83. The van der Waals surface area contributed by atoms with Crippen molar-refractivity contribution in [2.24, 2.45) is 0 Å². The van der Waals surface area contributed by atoms with E-state index in [-0.39, 0.29) is 24.3 Å². The molecule has 3 aliphatic heterocycles. The number of aromatic nitrogens is 2. The van der Waals surface area contributed by atoms with Crippen molar-refractivity contribution in [2.45, 2.75) is 50.1 Å². The molecular weight excluding hydrogens is 430 g/mol. The summed E-state index contributed by atoms with van der Waals surface area (Å²) in [6.07, 6.45) is 6.85. The maximum Gasteiger partial charge on any atom is 0.255 e. The maximum atomic E-state index is 13.3. The number of likely N-dealkylation sites (N-methyl/N-ethyl adjacent to an activating group) is 1. The summed E-state index contributed by atoms with van der Waals surface area (Å²) in [6, 6.07) is 8.58. The molecule has 1 saturated carbocycles. The topological polar surface area (TPSA) is 93.7 Å². The Morgan fingerprint density at radius 1 is 1.06 bits per heavy atom. The number of hydrogen-bond acceptors (Lipinski definition) is 8. The second-order valence-electron chi connectivity index (χ2n) is 9.90. The molecule has 1 aliphatic carbocycles. The van der Waals surface area contributed by atoms with Gasteiger partial charge in [-0.2, -0.15) is 4.98 Å². The first-order valence-electron chi connectivity index (χ1n) is 12.3. The fourth-order valence-corrected chi connectivity index (χ4v) is 6.08. The minimum absolute atomic E-state index is 0.111. The number of anilines is 4. The predicted octanol–water partition coefficient (Wildman–Crippen LogP) is 2.06. The molecule has 0 radical (unpaired) electrons. The first-order chi connectivity index (χ1) is 16.5. The lowest BCUT2D eigenvalue weighted by Gasteiger charge is -2.38. The van der Waals surface area contributed by atoms with E-state index in [4.69, 9.17) is 4.98 Å². The Hall–Kier alpha value is -3.20. The van der Waals surface area contributed by atoms with Gasteiger partial charge in [-0.05, 0) is 37.1 Å². The SMILES string of the molecule is CN1C(=O)CC2(Cc3cnc(Nc4ccc(N5CCNCC5)cc4)nc3N2C2CCCC2)C1=O. The number of piperazine rings is 1. The zero-order valence-electron chi connectivity index (χ0n) is 19.6. The Bertz CT molecular complexity index is 1110. The highest BCUT2D eigenvalue weighted by molar-refractivity contribution is 6.11. The molecule has 2 amide bonds. The number of nitrogens with zero attached hydrogens (tertiary/aromatic N) is 5. The average Bonchev–Trinajstić information content (AvgIpc) is 3.54. The first-order valence-corrected chi connectivity index (χ1v) is 12.3. The fraction of sp³-hybridized carbons (Fsp3) is 0.520. The molecule has 1 aromatic carbocycles. The van der Waals surface area contributed by atoms with Crippen LogP contribution >= 0.6 is 0 Å². The van der Waals surface area contributed by atoms with Crippen molar-refractivity contribution < 1.29 is 9.59 Å². The molecule has 9 nitrogen and oxygen atoms in total. The normalized spacial score (nSPS) is 25.0. The molecule has 1 spiro atoms. The van der Waals surface area contributed by atoms with Gasteiger partial charge in [-0.1, -0.05) is 12.8 Å². The molecule has 2 saturated heterocycles. The Morgan fingerprint density at radius 2 is 1.79 bits per heavy atom. The van der Waals surface area contributed by atoms with E-state index in [0.717, 1.165) is 68.9 Å². The lowest BCUT2D eigenvalue weighted by molar-refractivity contribution is -0.138. The summed E-state index contributed by atoms with van der Waals surface area (Å²) in [5, 5.41) is 6.72. The third-order valence-electron chi connectivity index (χ3n) is 7.83. The van der Waals surface area contributed by atoms with Crippen molar-refractivity contribution in [3.8, 4) is 0 Å². The van der Waals surface area contributed by atoms with Gasteiger partial charge in [0.25, 0.3) is 5.91 Å². The summed E-state index contributed by atoms with van der Waals surface area (Å²) >= 11 is 0. The van der Waals surface area contributed by atoms with Gasteiger partial charge in [0.15, 0.2) is 0 Å². The van der Waals surface area contributed by atoms with Crippen molar-refractivity contribution in [3.05, 3.63) is 36.0 Å².